The number of rotatable bonds is 4. The number of nitrogens with one attached hydrogen (secondary N) is 1. The lowest BCUT2D eigenvalue weighted by Gasteiger charge is -2.09. The molecule has 5 heteroatoms. The molecular formula is C15H14ClN3S. The lowest BCUT2D eigenvalue weighted by atomic mass is 10.0. The van der Waals surface area contributed by atoms with Crippen LogP contribution in [-0.4, -0.2) is 16.5 Å². The van der Waals surface area contributed by atoms with Crippen LogP contribution in [0.2, 0.25) is 5.15 Å². The summed E-state index contributed by atoms with van der Waals surface area (Å²) in [7, 11) is 0. The van der Waals surface area contributed by atoms with Gasteiger partial charge in [0.05, 0.1) is 0 Å². The van der Waals surface area contributed by atoms with E-state index in [0.29, 0.717) is 5.15 Å². The highest BCUT2D eigenvalue weighted by molar-refractivity contribution is 7.17. The fourth-order valence-electron chi connectivity index (χ4n) is 2.26. The lowest BCUT2D eigenvalue weighted by molar-refractivity contribution is 0.992. The summed E-state index contributed by atoms with van der Waals surface area (Å²) in [6, 6.07) is 8.33. The molecule has 2 aromatic heterocycles. The van der Waals surface area contributed by atoms with E-state index in [9.17, 15) is 0 Å². The SMILES string of the molecule is Cc1c(CCNc2cc(Cl)ncn2)ccc2sccc12. The van der Waals surface area contributed by atoms with Crippen molar-refractivity contribution in [3.05, 3.63) is 52.3 Å². The zero-order valence-corrected chi connectivity index (χ0v) is 12.6. The molecule has 0 aliphatic carbocycles. The summed E-state index contributed by atoms with van der Waals surface area (Å²) in [5.41, 5.74) is 2.73. The highest BCUT2D eigenvalue weighted by atomic mass is 35.5. The molecule has 0 unspecified atom stereocenters. The van der Waals surface area contributed by atoms with Crippen LogP contribution in [0.15, 0.2) is 36.0 Å². The molecule has 0 aliphatic rings. The summed E-state index contributed by atoms with van der Waals surface area (Å²) in [6.07, 6.45) is 2.42. The van der Waals surface area contributed by atoms with Gasteiger partial charge >= 0.3 is 0 Å². The maximum Gasteiger partial charge on any atom is 0.134 e. The Morgan fingerprint density at radius 3 is 3.00 bits per heavy atom. The van der Waals surface area contributed by atoms with Crippen LogP contribution in [0.5, 0.6) is 0 Å². The van der Waals surface area contributed by atoms with E-state index in [1.54, 1.807) is 17.4 Å². The standard InChI is InChI=1S/C15H14ClN3S/c1-10-11(2-3-13-12(10)5-7-20-13)4-6-17-15-8-14(16)18-9-19-15/h2-3,5,7-9H,4,6H2,1H3,(H,17,18,19). The number of aryl methyl sites for hydroxylation is 1. The molecular weight excluding hydrogens is 290 g/mol. The Balaban J connectivity index is 1.69. The fourth-order valence-corrected chi connectivity index (χ4v) is 3.25. The van der Waals surface area contributed by atoms with E-state index in [0.717, 1.165) is 18.8 Å². The molecule has 0 spiro atoms. The lowest BCUT2D eigenvalue weighted by Crippen LogP contribution is -2.07. The Bertz CT molecular complexity index is 739. The third kappa shape index (κ3) is 2.76. The monoisotopic (exact) mass is 303 g/mol. The van der Waals surface area contributed by atoms with Crippen molar-refractivity contribution in [2.45, 2.75) is 13.3 Å². The largest absolute Gasteiger partial charge is 0.370 e. The number of fused-ring (bicyclic) bond motifs is 1. The van der Waals surface area contributed by atoms with E-state index < -0.39 is 0 Å². The summed E-state index contributed by atoms with van der Waals surface area (Å²) in [4.78, 5) is 7.99. The highest BCUT2D eigenvalue weighted by Gasteiger charge is 2.04. The van der Waals surface area contributed by atoms with Gasteiger partial charge < -0.3 is 5.32 Å². The molecule has 3 aromatic rings. The molecule has 0 aliphatic heterocycles. The first-order chi connectivity index (χ1) is 9.74. The quantitative estimate of drug-likeness (QED) is 0.730. The first kappa shape index (κ1) is 13.3. The molecule has 1 aromatic carbocycles. The molecule has 1 N–H and O–H groups in total. The number of anilines is 1. The van der Waals surface area contributed by atoms with Crippen LogP contribution >= 0.6 is 22.9 Å². The number of hydrogen-bond donors (Lipinski definition) is 1. The van der Waals surface area contributed by atoms with Gasteiger partial charge in [0.2, 0.25) is 0 Å². The third-order valence-electron chi connectivity index (χ3n) is 3.35. The molecule has 3 rings (SSSR count). The minimum atomic E-state index is 0.457. The molecule has 0 saturated heterocycles. The van der Waals surface area contributed by atoms with Crippen molar-refractivity contribution in [1.29, 1.82) is 0 Å². The Morgan fingerprint density at radius 2 is 2.15 bits per heavy atom. The molecule has 0 fully saturated rings. The van der Waals surface area contributed by atoms with Crippen molar-refractivity contribution < 1.29 is 0 Å². The normalized spacial score (nSPS) is 10.9. The van der Waals surface area contributed by atoms with Crippen LogP contribution in [0.1, 0.15) is 11.1 Å². The molecule has 2 heterocycles. The summed E-state index contributed by atoms with van der Waals surface area (Å²) >= 11 is 7.61. The van der Waals surface area contributed by atoms with Gasteiger partial charge in [-0.3, -0.25) is 0 Å². The minimum absolute atomic E-state index is 0.457. The maximum absolute atomic E-state index is 5.83. The van der Waals surface area contributed by atoms with E-state index in [4.69, 9.17) is 11.6 Å². The van der Waals surface area contributed by atoms with Crippen LogP contribution < -0.4 is 5.32 Å². The van der Waals surface area contributed by atoms with Gasteiger partial charge in [0.25, 0.3) is 0 Å². The molecule has 0 amide bonds. The molecule has 20 heavy (non-hydrogen) atoms. The number of nitrogens with zero attached hydrogens (tertiary/aromatic N) is 2. The summed E-state index contributed by atoms with van der Waals surface area (Å²) in [5.74, 6) is 0.763. The van der Waals surface area contributed by atoms with Gasteiger partial charge in [-0.25, -0.2) is 9.97 Å². The van der Waals surface area contributed by atoms with Gasteiger partial charge in [-0.05, 0) is 47.4 Å². The average Bonchev–Trinajstić information content (AvgIpc) is 2.91. The second-order valence-corrected chi connectivity index (χ2v) is 5.92. The first-order valence-corrected chi connectivity index (χ1v) is 7.67. The number of thiophene rings is 1. The highest BCUT2D eigenvalue weighted by Crippen LogP contribution is 2.26. The Labute approximate surface area is 126 Å². The van der Waals surface area contributed by atoms with Crippen LogP contribution in [0.25, 0.3) is 10.1 Å². The van der Waals surface area contributed by atoms with E-state index in [-0.39, 0.29) is 0 Å². The number of hydrogen-bond acceptors (Lipinski definition) is 4. The van der Waals surface area contributed by atoms with Gasteiger partial charge in [-0.1, -0.05) is 17.7 Å². The van der Waals surface area contributed by atoms with E-state index >= 15 is 0 Å². The topological polar surface area (TPSA) is 37.8 Å². The first-order valence-electron chi connectivity index (χ1n) is 6.41. The van der Waals surface area contributed by atoms with Crippen molar-refractivity contribution in [2.75, 3.05) is 11.9 Å². The Hall–Kier alpha value is -1.65. The average molecular weight is 304 g/mol. The molecule has 0 saturated carbocycles. The van der Waals surface area contributed by atoms with Crippen LogP contribution in [0.4, 0.5) is 5.82 Å². The molecule has 0 radical (unpaired) electrons. The number of halogens is 1. The molecule has 0 atom stereocenters. The summed E-state index contributed by atoms with van der Waals surface area (Å²) in [6.45, 7) is 3.01. The van der Waals surface area contributed by atoms with Crippen molar-refractivity contribution in [3.8, 4) is 0 Å². The minimum Gasteiger partial charge on any atom is -0.370 e. The predicted octanol–water partition coefficient (Wildman–Crippen LogP) is 4.31. The van der Waals surface area contributed by atoms with E-state index in [2.05, 4.69) is 45.8 Å². The maximum atomic E-state index is 5.83. The third-order valence-corrected chi connectivity index (χ3v) is 4.44. The number of aromatic nitrogens is 2. The number of benzene rings is 1. The van der Waals surface area contributed by atoms with E-state index in [1.807, 2.05) is 0 Å². The molecule has 0 bridgehead atoms. The summed E-state index contributed by atoms with van der Waals surface area (Å²) in [5, 5.41) is 7.23. The van der Waals surface area contributed by atoms with Crippen LogP contribution in [-0.2, 0) is 6.42 Å². The molecule has 102 valence electrons. The molecule has 3 nitrogen and oxygen atoms in total. The summed E-state index contributed by atoms with van der Waals surface area (Å²) < 4.78 is 1.35. The smallest absolute Gasteiger partial charge is 0.134 e. The second-order valence-electron chi connectivity index (χ2n) is 4.58. The van der Waals surface area contributed by atoms with Crippen molar-refractivity contribution >= 4 is 38.8 Å². The van der Waals surface area contributed by atoms with Gasteiger partial charge in [-0.15, -0.1) is 11.3 Å². The van der Waals surface area contributed by atoms with Crippen molar-refractivity contribution in [2.24, 2.45) is 0 Å². The second kappa shape index (κ2) is 5.77. The van der Waals surface area contributed by atoms with Gasteiger partial charge in [0.15, 0.2) is 0 Å². The van der Waals surface area contributed by atoms with Gasteiger partial charge in [0.1, 0.15) is 17.3 Å². The Morgan fingerprint density at radius 1 is 1.25 bits per heavy atom. The zero-order chi connectivity index (χ0) is 13.9. The van der Waals surface area contributed by atoms with Gasteiger partial charge in [0, 0.05) is 17.3 Å². The predicted molar refractivity (Wildman–Crippen MR) is 85.8 cm³/mol. The fraction of sp³-hybridized carbons (Fsp3) is 0.200. The van der Waals surface area contributed by atoms with Crippen molar-refractivity contribution in [3.63, 3.8) is 0 Å². The van der Waals surface area contributed by atoms with Gasteiger partial charge in [-0.2, -0.15) is 0 Å². The van der Waals surface area contributed by atoms with E-state index in [1.165, 1.54) is 27.5 Å². The van der Waals surface area contributed by atoms with Crippen LogP contribution in [0, 0.1) is 6.92 Å². The van der Waals surface area contributed by atoms with Crippen molar-refractivity contribution in [1.82, 2.24) is 9.97 Å². The zero-order valence-electron chi connectivity index (χ0n) is 11.1. The Kier molecular flexibility index (Phi) is 3.85. The van der Waals surface area contributed by atoms with Crippen LogP contribution in [0.3, 0.4) is 0 Å².